The van der Waals surface area contributed by atoms with Crippen molar-refractivity contribution >= 4 is 6.01 Å². The van der Waals surface area contributed by atoms with Crippen molar-refractivity contribution in [3.63, 3.8) is 0 Å². The van der Waals surface area contributed by atoms with Crippen molar-refractivity contribution in [2.45, 2.75) is 65.0 Å². The molecule has 0 unspecified atom stereocenters. The van der Waals surface area contributed by atoms with Crippen LogP contribution in [0.4, 0.5) is 6.01 Å². The summed E-state index contributed by atoms with van der Waals surface area (Å²) in [7, 11) is 0. The van der Waals surface area contributed by atoms with Gasteiger partial charge in [-0.2, -0.15) is 4.98 Å². The van der Waals surface area contributed by atoms with Crippen LogP contribution in [-0.2, 0) is 6.54 Å². The predicted molar refractivity (Wildman–Crippen MR) is 85.4 cm³/mol. The van der Waals surface area contributed by atoms with Gasteiger partial charge in [0.15, 0.2) is 0 Å². The van der Waals surface area contributed by atoms with Crippen LogP contribution in [-0.4, -0.2) is 24.1 Å². The Balaban J connectivity index is 1.61. The molecule has 2 aliphatic rings. The van der Waals surface area contributed by atoms with E-state index in [4.69, 9.17) is 9.40 Å². The van der Waals surface area contributed by atoms with E-state index in [0.717, 1.165) is 37.3 Å². The van der Waals surface area contributed by atoms with Crippen LogP contribution in [0.3, 0.4) is 0 Å². The van der Waals surface area contributed by atoms with E-state index >= 15 is 0 Å². The molecular weight excluding hydrogens is 262 g/mol. The summed E-state index contributed by atoms with van der Waals surface area (Å²) in [4.78, 5) is 7.16. The second-order valence-corrected chi connectivity index (χ2v) is 7.09. The van der Waals surface area contributed by atoms with Gasteiger partial charge in [0.05, 0.1) is 5.69 Å². The molecule has 1 saturated heterocycles. The van der Waals surface area contributed by atoms with E-state index < -0.39 is 0 Å². The summed E-state index contributed by atoms with van der Waals surface area (Å²) in [6.07, 6.45) is 9.98. The van der Waals surface area contributed by atoms with E-state index in [0.29, 0.717) is 12.0 Å². The van der Waals surface area contributed by atoms with Crippen LogP contribution in [0.5, 0.6) is 0 Å². The maximum atomic E-state index is 5.79. The SMILES string of the molecule is CC(C)CNCc1coc(N2CCC[C@H]3CCCC[C@H]32)n1. The van der Waals surface area contributed by atoms with Crippen molar-refractivity contribution in [2.75, 3.05) is 18.0 Å². The normalized spacial score (nSPS) is 26.1. The molecule has 1 aromatic heterocycles. The fourth-order valence-corrected chi connectivity index (χ4v) is 3.86. The molecule has 0 radical (unpaired) electrons. The Morgan fingerprint density at radius 3 is 2.95 bits per heavy atom. The van der Waals surface area contributed by atoms with Gasteiger partial charge in [-0.3, -0.25) is 0 Å². The van der Waals surface area contributed by atoms with Gasteiger partial charge in [-0.15, -0.1) is 0 Å². The fraction of sp³-hybridized carbons (Fsp3) is 0.824. The van der Waals surface area contributed by atoms with Gasteiger partial charge in [0.1, 0.15) is 6.26 Å². The zero-order valence-electron chi connectivity index (χ0n) is 13.5. The molecule has 4 heteroatoms. The summed E-state index contributed by atoms with van der Waals surface area (Å²) < 4.78 is 5.79. The number of hydrogen-bond acceptors (Lipinski definition) is 4. The second-order valence-electron chi connectivity index (χ2n) is 7.09. The first-order chi connectivity index (χ1) is 10.2. The first-order valence-electron chi connectivity index (χ1n) is 8.66. The van der Waals surface area contributed by atoms with Gasteiger partial charge in [-0.05, 0) is 44.1 Å². The zero-order chi connectivity index (χ0) is 14.7. The van der Waals surface area contributed by atoms with Gasteiger partial charge in [0.2, 0.25) is 0 Å². The molecule has 1 aliphatic heterocycles. The number of hydrogen-bond donors (Lipinski definition) is 1. The summed E-state index contributed by atoms with van der Waals surface area (Å²) in [5.74, 6) is 1.53. The van der Waals surface area contributed by atoms with Crippen molar-refractivity contribution in [1.29, 1.82) is 0 Å². The Morgan fingerprint density at radius 1 is 1.29 bits per heavy atom. The summed E-state index contributed by atoms with van der Waals surface area (Å²) in [5, 5.41) is 3.43. The van der Waals surface area contributed by atoms with Crippen molar-refractivity contribution in [2.24, 2.45) is 11.8 Å². The lowest BCUT2D eigenvalue weighted by atomic mass is 9.78. The van der Waals surface area contributed by atoms with Crippen LogP contribution >= 0.6 is 0 Å². The highest BCUT2D eigenvalue weighted by atomic mass is 16.4. The zero-order valence-corrected chi connectivity index (χ0v) is 13.5. The van der Waals surface area contributed by atoms with Gasteiger partial charge in [0.25, 0.3) is 6.01 Å². The van der Waals surface area contributed by atoms with Crippen molar-refractivity contribution in [1.82, 2.24) is 10.3 Å². The van der Waals surface area contributed by atoms with E-state index in [-0.39, 0.29) is 0 Å². The lowest BCUT2D eigenvalue weighted by Crippen LogP contribution is -2.47. The van der Waals surface area contributed by atoms with Gasteiger partial charge < -0.3 is 14.6 Å². The summed E-state index contributed by atoms with van der Waals surface area (Å²) >= 11 is 0. The maximum Gasteiger partial charge on any atom is 0.297 e. The molecule has 21 heavy (non-hydrogen) atoms. The van der Waals surface area contributed by atoms with Gasteiger partial charge in [-0.1, -0.05) is 26.7 Å². The molecule has 3 rings (SSSR count). The number of nitrogens with one attached hydrogen (secondary N) is 1. The minimum Gasteiger partial charge on any atom is -0.432 e. The quantitative estimate of drug-likeness (QED) is 0.900. The van der Waals surface area contributed by atoms with E-state index in [1.165, 1.54) is 38.5 Å². The highest BCUT2D eigenvalue weighted by molar-refractivity contribution is 5.31. The third kappa shape index (κ3) is 3.60. The number of anilines is 1. The fourth-order valence-electron chi connectivity index (χ4n) is 3.86. The average Bonchev–Trinajstić information content (AvgIpc) is 2.95. The molecular formula is C17H29N3O. The topological polar surface area (TPSA) is 41.3 Å². The monoisotopic (exact) mass is 291 g/mol. The number of oxazole rings is 1. The van der Waals surface area contributed by atoms with E-state index in [1.54, 1.807) is 0 Å². The maximum absolute atomic E-state index is 5.79. The molecule has 4 nitrogen and oxygen atoms in total. The van der Waals surface area contributed by atoms with Gasteiger partial charge in [0, 0.05) is 19.1 Å². The smallest absolute Gasteiger partial charge is 0.297 e. The summed E-state index contributed by atoms with van der Waals surface area (Å²) in [6.45, 7) is 7.39. The van der Waals surface area contributed by atoms with Crippen LogP contribution in [0.2, 0.25) is 0 Å². The van der Waals surface area contributed by atoms with Crippen molar-refractivity contribution < 1.29 is 4.42 Å². The van der Waals surface area contributed by atoms with Gasteiger partial charge >= 0.3 is 0 Å². The molecule has 118 valence electrons. The highest BCUT2D eigenvalue weighted by Crippen LogP contribution is 2.37. The third-order valence-corrected chi connectivity index (χ3v) is 4.89. The first kappa shape index (κ1) is 14.9. The van der Waals surface area contributed by atoms with E-state index in [1.807, 2.05) is 6.26 Å². The molecule has 0 aromatic carbocycles. The van der Waals surface area contributed by atoms with Crippen molar-refractivity contribution in [3.05, 3.63) is 12.0 Å². The summed E-state index contributed by atoms with van der Waals surface area (Å²) in [5.41, 5.74) is 1.03. The van der Waals surface area contributed by atoms with Crippen LogP contribution in [0.1, 0.15) is 58.1 Å². The largest absolute Gasteiger partial charge is 0.432 e. The summed E-state index contributed by atoms with van der Waals surface area (Å²) in [6, 6.07) is 1.52. The number of fused-ring (bicyclic) bond motifs is 1. The molecule has 0 spiro atoms. The molecule has 1 saturated carbocycles. The lowest BCUT2D eigenvalue weighted by molar-refractivity contribution is 0.235. The Bertz CT molecular complexity index is 441. The predicted octanol–water partition coefficient (Wildman–Crippen LogP) is 3.58. The Morgan fingerprint density at radius 2 is 2.10 bits per heavy atom. The minimum absolute atomic E-state index is 0.668. The van der Waals surface area contributed by atoms with Crippen LogP contribution in [0.15, 0.2) is 10.7 Å². The third-order valence-electron chi connectivity index (χ3n) is 4.89. The molecule has 0 bridgehead atoms. The van der Waals surface area contributed by atoms with Crippen molar-refractivity contribution in [3.8, 4) is 0 Å². The highest BCUT2D eigenvalue weighted by Gasteiger charge is 2.35. The Hall–Kier alpha value is -1.03. The number of aromatic nitrogens is 1. The minimum atomic E-state index is 0.668. The number of nitrogens with zero attached hydrogens (tertiary/aromatic N) is 2. The van der Waals surface area contributed by atoms with Crippen LogP contribution in [0, 0.1) is 11.8 Å². The molecule has 1 aliphatic carbocycles. The molecule has 1 aromatic rings. The molecule has 2 heterocycles. The molecule has 1 N–H and O–H groups in total. The van der Waals surface area contributed by atoms with Crippen LogP contribution in [0.25, 0.3) is 0 Å². The first-order valence-corrected chi connectivity index (χ1v) is 8.66. The average molecular weight is 291 g/mol. The van der Waals surface area contributed by atoms with E-state index in [9.17, 15) is 0 Å². The van der Waals surface area contributed by atoms with Gasteiger partial charge in [-0.25, -0.2) is 0 Å². The molecule has 2 atom stereocenters. The Kier molecular flexibility index (Phi) is 4.84. The number of rotatable bonds is 5. The standard InChI is InChI=1S/C17H29N3O/c1-13(2)10-18-11-15-12-21-17(19-15)20-9-5-7-14-6-3-4-8-16(14)20/h12-14,16,18H,3-11H2,1-2H3/t14-,16-/m1/s1. The molecule has 0 amide bonds. The molecule has 2 fully saturated rings. The van der Waals surface area contributed by atoms with Crippen LogP contribution < -0.4 is 10.2 Å². The second kappa shape index (κ2) is 6.82. The Labute approximate surface area is 128 Å². The lowest BCUT2D eigenvalue weighted by Gasteiger charge is -2.43. The van der Waals surface area contributed by atoms with E-state index in [2.05, 4.69) is 24.1 Å². The number of piperidine rings is 1.